The molecule has 0 aliphatic rings. The van der Waals surface area contributed by atoms with Crippen LogP contribution in [0.5, 0.6) is 0 Å². The summed E-state index contributed by atoms with van der Waals surface area (Å²) in [6.07, 6.45) is 0.726. The van der Waals surface area contributed by atoms with E-state index in [9.17, 15) is 13.2 Å². The standard InChI is InChI=1S/C13H22F3N5O.HI/c1-17-12(18-5-2-8-21-9-3-7-20-21)19-6-4-10-22-11-13(14,15)16;/h3,7,9H,2,4-6,8,10-11H2,1H3,(H2,17,18,19);1H. The number of hydrogen-bond acceptors (Lipinski definition) is 3. The predicted octanol–water partition coefficient (Wildman–Crippen LogP) is 2.03. The first-order chi connectivity index (χ1) is 10.5. The number of nitrogens with zero attached hydrogens (tertiary/aromatic N) is 3. The monoisotopic (exact) mass is 449 g/mol. The molecule has 0 unspecified atom stereocenters. The van der Waals surface area contributed by atoms with Crippen LogP contribution < -0.4 is 10.6 Å². The number of rotatable bonds is 9. The van der Waals surface area contributed by atoms with E-state index in [0.29, 0.717) is 18.9 Å². The van der Waals surface area contributed by atoms with E-state index in [1.165, 1.54) is 0 Å². The Labute approximate surface area is 150 Å². The topological polar surface area (TPSA) is 63.5 Å². The molecule has 0 bridgehead atoms. The van der Waals surface area contributed by atoms with Gasteiger partial charge in [0.15, 0.2) is 5.96 Å². The number of aryl methyl sites for hydroxylation is 1. The van der Waals surface area contributed by atoms with Crippen LogP contribution in [0.2, 0.25) is 0 Å². The molecule has 0 fully saturated rings. The number of nitrogens with one attached hydrogen (secondary N) is 2. The maximum atomic E-state index is 11.8. The van der Waals surface area contributed by atoms with Gasteiger partial charge in [-0.2, -0.15) is 18.3 Å². The van der Waals surface area contributed by atoms with Crippen LogP contribution in [0.1, 0.15) is 12.8 Å². The Balaban J connectivity index is 0.00000484. The molecule has 10 heteroatoms. The van der Waals surface area contributed by atoms with Crippen LogP contribution in [-0.2, 0) is 11.3 Å². The number of halogens is 4. The second-order valence-corrected chi connectivity index (χ2v) is 4.57. The summed E-state index contributed by atoms with van der Waals surface area (Å²) in [6, 6.07) is 1.87. The van der Waals surface area contributed by atoms with E-state index < -0.39 is 12.8 Å². The Hall–Kier alpha value is -1.04. The van der Waals surface area contributed by atoms with Crippen molar-refractivity contribution in [1.82, 2.24) is 20.4 Å². The molecule has 6 nitrogen and oxygen atoms in total. The number of guanidine groups is 1. The average molecular weight is 449 g/mol. The van der Waals surface area contributed by atoms with Crippen LogP contribution in [0.15, 0.2) is 23.5 Å². The molecule has 1 rings (SSSR count). The zero-order valence-corrected chi connectivity index (χ0v) is 15.3. The normalized spacial score (nSPS) is 11.9. The van der Waals surface area contributed by atoms with E-state index in [0.717, 1.165) is 19.5 Å². The van der Waals surface area contributed by atoms with Crippen molar-refractivity contribution in [1.29, 1.82) is 0 Å². The first-order valence-corrected chi connectivity index (χ1v) is 7.08. The molecule has 0 spiro atoms. The lowest BCUT2D eigenvalue weighted by Crippen LogP contribution is -2.38. The molecule has 0 aliphatic carbocycles. The van der Waals surface area contributed by atoms with E-state index in [1.54, 1.807) is 13.2 Å². The fourth-order valence-electron chi connectivity index (χ4n) is 1.67. The van der Waals surface area contributed by atoms with Gasteiger partial charge in [0.2, 0.25) is 0 Å². The molecule has 1 aromatic rings. The highest BCUT2D eigenvalue weighted by molar-refractivity contribution is 14.0. The van der Waals surface area contributed by atoms with Crippen LogP contribution in [0, 0.1) is 0 Å². The molecule has 134 valence electrons. The van der Waals surface area contributed by atoms with Gasteiger partial charge in [-0.15, -0.1) is 24.0 Å². The summed E-state index contributed by atoms with van der Waals surface area (Å²) in [6.45, 7) is 0.888. The molecule has 0 atom stereocenters. The molecular formula is C13H23F3IN5O. The number of ether oxygens (including phenoxy) is 1. The Morgan fingerprint density at radius 2 is 1.96 bits per heavy atom. The summed E-state index contributed by atoms with van der Waals surface area (Å²) >= 11 is 0. The van der Waals surface area contributed by atoms with Gasteiger partial charge >= 0.3 is 6.18 Å². The predicted molar refractivity (Wildman–Crippen MR) is 93.1 cm³/mol. The van der Waals surface area contributed by atoms with Crippen molar-refractivity contribution in [3.8, 4) is 0 Å². The van der Waals surface area contributed by atoms with E-state index in [4.69, 9.17) is 0 Å². The molecule has 2 N–H and O–H groups in total. The van der Waals surface area contributed by atoms with Gasteiger partial charge in [0.25, 0.3) is 0 Å². The van der Waals surface area contributed by atoms with Crippen LogP contribution in [-0.4, -0.2) is 55.3 Å². The maximum Gasteiger partial charge on any atom is 0.411 e. The third-order valence-corrected chi connectivity index (χ3v) is 2.66. The summed E-state index contributed by atoms with van der Waals surface area (Å²) < 4.78 is 41.9. The molecule has 23 heavy (non-hydrogen) atoms. The number of aliphatic imine (C=N–C) groups is 1. The highest BCUT2D eigenvalue weighted by atomic mass is 127. The highest BCUT2D eigenvalue weighted by Crippen LogP contribution is 2.14. The smallest absolute Gasteiger partial charge is 0.372 e. The van der Waals surface area contributed by atoms with Gasteiger partial charge in [0, 0.05) is 45.7 Å². The van der Waals surface area contributed by atoms with Gasteiger partial charge in [0.1, 0.15) is 6.61 Å². The van der Waals surface area contributed by atoms with Crippen molar-refractivity contribution < 1.29 is 17.9 Å². The van der Waals surface area contributed by atoms with Crippen LogP contribution in [0.25, 0.3) is 0 Å². The molecule has 0 aromatic carbocycles. The van der Waals surface area contributed by atoms with Crippen LogP contribution in [0.4, 0.5) is 13.2 Å². The molecule has 0 amide bonds. The summed E-state index contributed by atoms with van der Waals surface area (Å²) in [5.41, 5.74) is 0. The van der Waals surface area contributed by atoms with Gasteiger partial charge in [-0.05, 0) is 18.9 Å². The first kappa shape index (κ1) is 22.0. The minimum Gasteiger partial charge on any atom is -0.372 e. The average Bonchev–Trinajstić information content (AvgIpc) is 2.96. The zero-order chi connectivity index (χ0) is 16.3. The van der Waals surface area contributed by atoms with Gasteiger partial charge in [-0.3, -0.25) is 9.67 Å². The largest absolute Gasteiger partial charge is 0.411 e. The van der Waals surface area contributed by atoms with Crippen molar-refractivity contribution in [3.63, 3.8) is 0 Å². The van der Waals surface area contributed by atoms with Crippen molar-refractivity contribution in [2.24, 2.45) is 4.99 Å². The molecule has 1 heterocycles. The lowest BCUT2D eigenvalue weighted by atomic mass is 10.4. The van der Waals surface area contributed by atoms with Crippen LogP contribution >= 0.6 is 24.0 Å². The second-order valence-electron chi connectivity index (χ2n) is 4.57. The quantitative estimate of drug-likeness (QED) is 0.262. The fourth-order valence-corrected chi connectivity index (χ4v) is 1.67. The Morgan fingerprint density at radius 1 is 1.26 bits per heavy atom. The summed E-state index contributed by atoms with van der Waals surface area (Å²) in [5, 5.41) is 10.2. The molecule has 0 aliphatic heterocycles. The fraction of sp³-hybridized carbons (Fsp3) is 0.692. The van der Waals surface area contributed by atoms with Crippen LogP contribution in [0.3, 0.4) is 0 Å². The Morgan fingerprint density at radius 3 is 2.52 bits per heavy atom. The highest BCUT2D eigenvalue weighted by Gasteiger charge is 2.27. The van der Waals surface area contributed by atoms with E-state index in [1.807, 2.05) is 16.9 Å². The first-order valence-electron chi connectivity index (χ1n) is 7.08. The van der Waals surface area contributed by atoms with Crippen molar-refractivity contribution in [2.45, 2.75) is 25.6 Å². The summed E-state index contributed by atoms with van der Waals surface area (Å²) in [4.78, 5) is 4.03. The maximum absolute atomic E-state index is 11.8. The van der Waals surface area contributed by atoms with Gasteiger partial charge < -0.3 is 15.4 Å². The van der Waals surface area contributed by atoms with Gasteiger partial charge in [-0.25, -0.2) is 0 Å². The van der Waals surface area contributed by atoms with E-state index in [2.05, 4.69) is 25.5 Å². The van der Waals surface area contributed by atoms with Crippen molar-refractivity contribution in [2.75, 3.05) is 33.4 Å². The van der Waals surface area contributed by atoms with Gasteiger partial charge in [0.05, 0.1) is 0 Å². The van der Waals surface area contributed by atoms with Crippen molar-refractivity contribution >= 4 is 29.9 Å². The molecule has 0 saturated carbocycles. The minimum absolute atomic E-state index is 0. The van der Waals surface area contributed by atoms with Crippen molar-refractivity contribution in [3.05, 3.63) is 18.5 Å². The molecule has 1 aromatic heterocycles. The lowest BCUT2D eigenvalue weighted by Gasteiger charge is -2.12. The summed E-state index contributed by atoms with van der Waals surface area (Å²) in [7, 11) is 1.64. The molecular weight excluding hydrogens is 426 g/mol. The Bertz CT molecular complexity index is 426. The number of alkyl halides is 3. The minimum atomic E-state index is -4.26. The number of hydrogen-bond donors (Lipinski definition) is 2. The summed E-state index contributed by atoms with van der Waals surface area (Å²) in [5.74, 6) is 0.622. The molecule has 0 saturated heterocycles. The lowest BCUT2D eigenvalue weighted by molar-refractivity contribution is -0.173. The van der Waals surface area contributed by atoms with E-state index >= 15 is 0 Å². The third kappa shape index (κ3) is 12.1. The van der Waals surface area contributed by atoms with E-state index in [-0.39, 0.29) is 30.6 Å². The Kier molecular flexibility index (Phi) is 11.8. The zero-order valence-electron chi connectivity index (χ0n) is 13.0. The molecule has 0 radical (unpaired) electrons. The van der Waals surface area contributed by atoms with Gasteiger partial charge in [-0.1, -0.05) is 0 Å². The third-order valence-electron chi connectivity index (χ3n) is 2.66. The number of aromatic nitrogens is 2. The SMILES string of the molecule is CN=C(NCCCOCC(F)(F)F)NCCCn1cccn1.I. The second kappa shape index (κ2) is 12.4.